The van der Waals surface area contributed by atoms with Crippen molar-refractivity contribution in [2.75, 3.05) is 26.3 Å². The fourth-order valence-electron chi connectivity index (χ4n) is 3.48. The van der Waals surface area contributed by atoms with Gasteiger partial charge in [-0.2, -0.15) is 5.10 Å². The largest absolute Gasteiger partial charge is 0.379 e. The minimum absolute atomic E-state index is 0.0297. The van der Waals surface area contributed by atoms with E-state index in [0.29, 0.717) is 19.5 Å². The third-order valence-electron chi connectivity index (χ3n) is 5.00. The van der Waals surface area contributed by atoms with Crippen molar-refractivity contribution >= 4 is 5.91 Å². The van der Waals surface area contributed by atoms with Crippen molar-refractivity contribution in [2.45, 2.75) is 46.3 Å². The fraction of sp³-hybridized carbons (Fsp3) is 0.706. The van der Waals surface area contributed by atoms with Crippen LogP contribution in [0.1, 0.15) is 42.2 Å². The second-order valence-electron chi connectivity index (χ2n) is 6.95. The molecule has 0 unspecified atom stereocenters. The summed E-state index contributed by atoms with van der Waals surface area (Å²) in [7, 11) is 1.91. The summed E-state index contributed by atoms with van der Waals surface area (Å²) in [5, 5.41) is 19.4. The van der Waals surface area contributed by atoms with E-state index in [9.17, 15) is 4.79 Å². The van der Waals surface area contributed by atoms with Crippen LogP contribution in [0.2, 0.25) is 0 Å². The second kappa shape index (κ2) is 8.57. The maximum Gasteiger partial charge on any atom is 0.222 e. The van der Waals surface area contributed by atoms with E-state index >= 15 is 0 Å². The number of hydrogen-bond donors (Lipinski definition) is 1. The predicted octanol–water partition coefficient (Wildman–Crippen LogP) is 0.123. The average Bonchev–Trinajstić information content (AvgIpc) is 3.17. The minimum atomic E-state index is -0.0899. The van der Waals surface area contributed by atoms with Gasteiger partial charge in [0.1, 0.15) is 0 Å². The van der Waals surface area contributed by atoms with Gasteiger partial charge >= 0.3 is 0 Å². The first kappa shape index (κ1) is 19.4. The van der Waals surface area contributed by atoms with Crippen LogP contribution in [0.5, 0.6) is 0 Å². The number of rotatable bonds is 7. The molecule has 2 aromatic rings. The number of tetrazole rings is 1. The van der Waals surface area contributed by atoms with E-state index in [4.69, 9.17) is 4.74 Å². The molecular weight excluding hydrogens is 348 g/mol. The van der Waals surface area contributed by atoms with E-state index in [-0.39, 0.29) is 11.9 Å². The first-order chi connectivity index (χ1) is 13.0. The summed E-state index contributed by atoms with van der Waals surface area (Å²) in [5.41, 5.74) is 3.07. The zero-order chi connectivity index (χ0) is 19.4. The summed E-state index contributed by atoms with van der Waals surface area (Å²) in [4.78, 5) is 14.7. The summed E-state index contributed by atoms with van der Waals surface area (Å²) in [6.45, 7) is 10.3. The van der Waals surface area contributed by atoms with Crippen LogP contribution in [-0.2, 0) is 29.7 Å². The molecule has 2 aromatic heterocycles. The Balaban J connectivity index is 1.53. The van der Waals surface area contributed by atoms with Gasteiger partial charge in [0.05, 0.1) is 38.0 Å². The third kappa shape index (κ3) is 4.69. The molecule has 1 atom stereocenters. The topological polar surface area (TPSA) is 103 Å². The molecule has 1 aliphatic rings. The molecule has 1 fully saturated rings. The second-order valence-corrected chi connectivity index (χ2v) is 6.95. The molecule has 0 bridgehead atoms. The molecule has 3 heterocycles. The van der Waals surface area contributed by atoms with Gasteiger partial charge in [0.2, 0.25) is 5.91 Å². The smallest absolute Gasteiger partial charge is 0.222 e. The van der Waals surface area contributed by atoms with Gasteiger partial charge in [-0.1, -0.05) is 0 Å². The molecule has 1 N–H and O–H groups in total. The molecule has 3 rings (SSSR count). The van der Waals surface area contributed by atoms with E-state index in [2.05, 4.69) is 30.8 Å². The van der Waals surface area contributed by atoms with Gasteiger partial charge in [-0.15, -0.1) is 5.10 Å². The third-order valence-corrected chi connectivity index (χ3v) is 5.00. The van der Waals surface area contributed by atoms with Gasteiger partial charge < -0.3 is 10.1 Å². The molecule has 1 amide bonds. The Kier molecular flexibility index (Phi) is 6.17. The summed E-state index contributed by atoms with van der Waals surface area (Å²) >= 11 is 0. The van der Waals surface area contributed by atoms with Gasteiger partial charge in [0.25, 0.3) is 0 Å². The van der Waals surface area contributed by atoms with Gasteiger partial charge in [-0.25, -0.2) is 4.68 Å². The van der Waals surface area contributed by atoms with E-state index in [0.717, 1.165) is 49.1 Å². The Hall–Kier alpha value is -2.33. The Morgan fingerprint density at radius 1 is 1.30 bits per heavy atom. The van der Waals surface area contributed by atoms with Crippen LogP contribution in [-0.4, -0.2) is 67.1 Å². The zero-order valence-electron chi connectivity index (χ0n) is 16.5. The summed E-state index contributed by atoms with van der Waals surface area (Å²) < 4.78 is 8.91. The lowest BCUT2D eigenvalue weighted by atomic mass is 10.1. The molecule has 10 nitrogen and oxygen atoms in total. The lowest BCUT2D eigenvalue weighted by molar-refractivity contribution is -0.122. The van der Waals surface area contributed by atoms with Gasteiger partial charge in [0.15, 0.2) is 5.82 Å². The van der Waals surface area contributed by atoms with Crippen LogP contribution in [0, 0.1) is 13.8 Å². The quantitative estimate of drug-likeness (QED) is 0.732. The number of hydrogen-bond acceptors (Lipinski definition) is 7. The molecular formula is C17H28N8O2. The van der Waals surface area contributed by atoms with Crippen molar-refractivity contribution in [1.82, 2.24) is 40.2 Å². The normalized spacial score (nSPS) is 16.4. The molecule has 0 aliphatic carbocycles. The number of nitrogens with one attached hydrogen (secondary N) is 1. The van der Waals surface area contributed by atoms with Crippen molar-refractivity contribution in [3.8, 4) is 0 Å². The SMILES string of the molecule is Cc1nn(C)c(C)c1[C@@H](C)NC(=O)CCn1nnnc1CN1CCOCC1. The van der Waals surface area contributed by atoms with Crippen LogP contribution in [0.15, 0.2) is 0 Å². The number of aryl methyl sites for hydroxylation is 3. The molecule has 0 aromatic carbocycles. The highest BCUT2D eigenvalue weighted by atomic mass is 16.5. The number of amides is 1. The molecule has 0 spiro atoms. The highest BCUT2D eigenvalue weighted by molar-refractivity contribution is 5.76. The maximum absolute atomic E-state index is 12.4. The first-order valence-electron chi connectivity index (χ1n) is 9.30. The Bertz CT molecular complexity index is 778. The molecule has 148 valence electrons. The van der Waals surface area contributed by atoms with Crippen LogP contribution in [0.25, 0.3) is 0 Å². The summed E-state index contributed by atoms with van der Waals surface area (Å²) in [6.07, 6.45) is 0.323. The van der Waals surface area contributed by atoms with Crippen LogP contribution in [0.3, 0.4) is 0 Å². The lowest BCUT2D eigenvalue weighted by Gasteiger charge is -2.25. The van der Waals surface area contributed by atoms with E-state index in [1.165, 1.54) is 0 Å². The predicted molar refractivity (Wildman–Crippen MR) is 97.8 cm³/mol. The molecule has 1 saturated heterocycles. The van der Waals surface area contributed by atoms with Crippen molar-refractivity contribution in [3.05, 3.63) is 22.8 Å². The van der Waals surface area contributed by atoms with Gasteiger partial charge in [-0.05, 0) is 31.2 Å². The van der Waals surface area contributed by atoms with Crippen molar-refractivity contribution < 1.29 is 9.53 Å². The Morgan fingerprint density at radius 3 is 2.70 bits per heavy atom. The number of carbonyl (C=O) groups excluding carboxylic acids is 1. The van der Waals surface area contributed by atoms with Crippen LogP contribution < -0.4 is 5.32 Å². The van der Waals surface area contributed by atoms with Crippen molar-refractivity contribution in [3.63, 3.8) is 0 Å². The van der Waals surface area contributed by atoms with E-state index < -0.39 is 0 Å². The maximum atomic E-state index is 12.4. The highest BCUT2D eigenvalue weighted by Gasteiger charge is 2.19. The zero-order valence-corrected chi connectivity index (χ0v) is 16.5. The Labute approximate surface area is 158 Å². The standard InChI is InChI=1S/C17H28N8O2/c1-12(17-13(2)20-23(4)14(17)3)18-16(26)5-6-25-15(19-21-22-25)11-24-7-9-27-10-8-24/h12H,5-11H2,1-4H3,(H,18,26)/t12-/m1/s1. The minimum Gasteiger partial charge on any atom is -0.379 e. The average molecular weight is 376 g/mol. The number of carbonyl (C=O) groups is 1. The highest BCUT2D eigenvalue weighted by Crippen LogP contribution is 2.20. The van der Waals surface area contributed by atoms with Crippen molar-refractivity contribution in [2.24, 2.45) is 7.05 Å². The van der Waals surface area contributed by atoms with Gasteiger partial charge in [-0.3, -0.25) is 14.4 Å². The van der Waals surface area contributed by atoms with Crippen LogP contribution >= 0.6 is 0 Å². The summed E-state index contributed by atoms with van der Waals surface area (Å²) in [5.74, 6) is 0.745. The monoisotopic (exact) mass is 376 g/mol. The first-order valence-corrected chi connectivity index (χ1v) is 9.30. The van der Waals surface area contributed by atoms with E-state index in [1.807, 2.05) is 32.5 Å². The molecule has 27 heavy (non-hydrogen) atoms. The fourth-order valence-corrected chi connectivity index (χ4v) is 3.48. The lowest BCUT2D eigenvalue weighted by Crippen LogP contribution is -2.36. The molecule has 0 saturated carbocycles. The van der Waals surface area contributed by atoms with Crippen molar-refractivity contribution in [1.29, 1.82) is 0 Å². The number of nitrogens with zero attached hydrogens (tertiary/aromatic N) is 7. The number of morpholine rings is 1. The van der Waals surface area contributed by atoms with Crippen LogP contribution in [0.4, 0.5) is 0 Å². The Morgan fingerprint density at radius 2 is 2.04 bits per heavy atom. The molecule has 0 radical (unpaired) electrons. The summed E-state index contributed by atoms with van der Waals surface area (Å²) in [6, 6.07) is -0.0899. The van der Waals surface area contributed by atoms with E-state index in [1.54, 1.807) is 4.68 Å². The van der Waals surface area contributed by atoms with Gasteiger partial charge in [0, 0.05) is 37.8 Å². The molecule has 1 aliphatic heterocycles. The molecule has 10 heteroatoms. The number of aromatic nitrogens is 6. The number of ether oxygens (including phenoxy) is 1.